The third-order valence-electron chi connectivity index (χ3n) is 3.43. The number of nitrogens with one attached hydrogen (secondary N) is 1. The van der Waals surface area contributed by atoms with E-state index < -0.39 is 23.3 Å². The Morgan fingerprint density at radius 3 is 2.58 bits per heavy atom. The second-order valence-electron chi connectivity index (χ2n) is 5.41. The predicted molar refractivity (Wildman–Crippen MR) is 71.9 cm³/mol. The third-order valence-corrected chi connectivity index (χ3v) is 3.66. The number of carboxylic acids is 1. The molecule has 1 saturated carbocycles. The highest BCUT2D eigenvalue weighted by molar-refractivity contribution is 6.30. The van der Waals surface area contributed by atoms with Gasteiger partial charge in [-0.15, -0.1) is 0 Å². The van der Waals surface area contributed by atoms with E-state index >= 15 is 0 Å². The molecule has 5 heteroatoms. The van der Waals surface area contributed by atoms with Gasteiger partial charge in [-0.25, -0.2) is 0 Å². The molecule has 1 fully saturated rings. The van der Waals surface area contributed by atoms with Crippen molar-refractivity contribution in [2.45, 2.75) is 25.8 Å². The number of carbonyl (C=O) groups is 2. The fourth-order valence-electron chi connectivity index (χ4n) is 2.11. The molecule has 2 rings (SSSR count). The maximum Gasteiger partial charge on any atom is 0.307 e. The van der Waals surface area contributed by atoms with E-state index in [0.29, 0.717) is 11.4 Å². The van der Waals surface area contributed by atoms with Crippen LogP contribution in [-0.4, -0.2) is 17.0 Å². The zero-order valence-electron chi connectivity index (χ0n) is 10.8. The first-order chi connectivity index (χ1) is 8.81. The summed E-state index contributed by atoms with van der Waals surface area (Å²) < 4.78 is 0. The summed E-state index contributed by atoms with van der Waals surface area (Å²) >= 11 is 5.94. The Morgan fingerprint density at radius 1 is 1.37 bits per heavy atom. The number of carboxylic acid groups (broad SMARTS) is 1. The number of rotatable bonds is 4. The lowest BCUT2D eigenvalue weighted by Gasteiger charge is -2.27. The molecule has 0 saturated heterocycles. The van der Waals surface area contributed by atoms with Gasteiger partial charge < -0.3 is 10.4 Å². The van der Waals surface area contributed by atoms with Gasteiger partial charge in [0, 0.05) is 5.02 Å². The number of hydrogen-bond acceptors (Lipinski definition) is 2. The van der Waals surface area contributed by atoms with Crippen molar-refractivity contribution in [3.8, 4) is 0 Å². The summed E-state index contributed by atoms with van der Waals surface area (Å²) in [7, 11) is 0. The first-order valence-corrected chi connectivity index (χ1v) is 6.50. The molecular formula is C14H16ClNO3. The van der Waals surface area contributed by atoms with E-state index in [2.05, 4.69) is 5.32 Å². The van der Waals surface area contributed by atoms with Crippen LogP contribution in [0.3, 0.4) is 0 Å². The number of benzene rings is 1. The van der Waals surface area contributed by atoms with Crippen molar-refractivity contribution in [2.75, 3.05) is 0 Å². The van der Waals surface area contributed by atoms with Crippen LogP contribution in [0.25, 0.3) is 0 Å². The molecule has 2 N–H and O–H groups in total. The van der Waals surface area contributed by atoms with Crippen LogP contribution in [0.15, 0.2) is 24.3 Å². The molecule has 0 aromatic heterocycles. The smallest absolute Gasteiger partial charge is 0.307 e. The molecule has 0 radical (unpaired) electrons. The summed E-state index contributed by atoms with van der Waals surface area (Å²) in [4.78, 5) is 22.7. The van der Waals surface area contributed by atoms with Crippen molar-refractivity contribution in [1.82, 2.24) is 5.32 Å². The Kier molecular flexibility index (Phi) is 3.54. The number of aliphatic carboxylic acids is 1. The third kappa shape index (κ3) is 3.07. The van der Waals surface area contributed by atoms with Gasteiger partial charge in [0.05, 0.1) is 17.4 Å². The van der Waals surface area contributed by atoms with Crippen molar-refractivity contribution in [2.24, 2.45) is 11.8 Å². The Labute approximate surface area is 116 Å². The largest absolute Gasteiger partial charge is 0.481 e. The van der Waals surface area contributed by atoms with Crippen LogP contribution in [-0.2, 0) is 15.1 Å². The van der Waals surface area contributed by atoms with E-state index in [0.717, 1.165) is 5.56 Å². The van der Waals surface area contributed by atoms with Gasteiger partial charge in [-0.05, 0) is 38.0 Å². The first-order valence-electron chi connectivity index (χ1n) is 6.12. The molecule has 0 heterocycles. The van der Waals surface area contributed by atoms with Gasteiger partial charge in [0.15, 0.2) is 0 Å². The number of carbonyl (C=O) groups excluding carboxylic acids is 1. The lowest BCUT2D eigenvalue weighted by atomic mass is 9.94. The summed E-state index contributed by atoms with van der Waals surface area (Å²) in [5, 5.41) is 12.3. The number of halogens is 1. The highest BCUT2D eigenvalue weighted by atomic mass is 35.5. The van der Waals surface area contributed by atoms with E-state index in [-0.39, 0.29) is 5.91 Å². The normalized spacial score (nSPS) is 21.8. The highest BCUT2D eigenvalue weighted by Crippen LogP contribution is 2.39. The molecule has 1 aromatic rings. The molecule has 102 valence electrons. The Morgan fingerprint density at radius 2 is 2.05 bits per heavy atom. The summed E-state index contributed by atoms with van der Waals surface area (Å²) in [6.45, 7) is 3.74. The van der Waals surface area contributed by atoms with Gasteiger partial charge in [0.1, 0.15) is 0 Å². The van der Waals surface area contributed by atoms with Gasteiger partial charge in [-0.2, -0.15) is 0 Å². The molecule has 4 nitrogen and oxygen atoms in total. The van der Waals surface area contributed by atoms with Crippen LogP contribution in [0.1, 0.15) is 25.8 Å². The van der Waals surface area contributed by atoms with Gasteiger partial charge in [0.25, 0.3) is 0 Å². The summed E-state index contributed by atoms with van der Waals surface area (Å²) in [5.41, 5.74) is 0.314. The monoisotopic (exact) mass is 281 g/mol. The molecule has 0 bridgehead atoms. The van der Waals surface area contributed by atoms with Crippen LogP contribution < -0.4 is 5.32 Å². The average Bonchev–Trinajstić information content (AvgIpc) is 3.08. The molecule has 19 heavy (non-hydrogen) atoms. The molecule has 0 spiro atoms. The first kappa shape index (κ1) is 13.9. The van der Waals surface area contributed by atoms with Gasteiger partial charge in [-0.3, -0.25) is 9.59 Å². The van der Waals surface area contributed by atoms with E-state index in [4.69, 9.17) is 16.7 Å². The van der Waals surface area contributed by atoms with Crippen LogP contribution >= 0.6 is 11.6 Å². The van der Waals surface area contributed by atoms with Crippen LogP contribution in [0.2, 0.25) is 5.02 Å². The minimum atomic E-state index is -0.902. The zero-order chi connectivity index (χ0) is 14.2. The van der Waals surface area contributed by atoms with Crippen LogP contribution in [0.4, 0.5) is 0 Å². The SMILES string of the molecule is CC(C)(NC(=O)C1CC1C(=O)O)c1cccc(Cl)c1. The maximum absolute atomic E-state index is 12.0. The molecule has 2 atom stereocenters. The van der Waals surface area contributed by atoms with E-state index in [1.54, 1.807) is 12.1 Å². The molecule has 1 aromatic carbocycles. The van der Waals surface area contributed by atoms with Crippen molar-refractivity contribution in [1.29, 1.82) is 0 Å². The summed E-state index contributed by atoms with van der Waals surface area (Å²) in [6, 6.07) is 7.27. The average molecular weight is 282 g/mol. The van der Waals surface area contributed by atoms with Crippen LogP contribution in [0, 0.1) is 11.8 Å². The molecular weight excluding hydrogens is 266 g/mol. The van der Waals surface area contributed by atoms with Gasteiger partial charge in [-0.1, -0.05) is 23.7 Å². The minimum Gasteiger partial charge on any atom is -0.481 e. The summed E-state index contributed by atoms with van der Waals surface area (Å²) in [6.07, 6.45) is 0.423. The van der Waals surface area contributed by atoms with E-state index in [1.165, 1.54) is 0 Å². The van der Waals surface area contributed by atoms with Crippen molar-refractivity contribution >= 4 is 23.5 Å². The Bertz CT molecular complexity index is 527. The van der Waals surface area contributed by atoms with E-state index in [9.17, 15) is 9.59 Å². The van der Waals surface area contributed by atoms with Gasteiger partial charge >= 0.3 is 5.97 Å². The molecule has 2 unspecified atom stereocenters. The highest BCUT2D eigenvalue weighted by Gasteiger charge is 2.49. The Balaban J connectivity index is 2.06. The van der Waals surface area contributed by atoms with Crippen molar-refractivity contribution in [3.63, 3.8) is 0 Å². The second-order valence-corrected chi connectivity index (χ2v) is 5.85. The van der Waals surface area contributed by atoms with Crippen molar-refractivity contribution in [3.05, 3.63) is 34.9 Å². The van der Waals surface area contributed by atoms with E-state index in [1.807, 2.05) is 26.0 Å². The zero-order valence-corrected chi connectivity index (χ0v) is 11.6. The number of hydrogen-bond donors (Lipinski definition) is 2. The molecule has 1 amide bonds. The van der Waals surface area contributed by atoms with Gasteiger partial charge in [0.2, 0.25) is 5.91 Å². The summed E-state index contributed by atoms with van der Waals surface area (Å²) in [5.74, 6) is -2.05. The fourth-order valence-corrected chi connectivity index (χ4v) is 2.30. The van der Waals surface area contributed by atoms with Crippen LogP contribution in [0.5, 0.6) is 0 Å². The predicted octanol–water partition coefficient (Wildman–Crippen LogP) is 2.41. The minimum absolute atomic E-state index is 0.211. The standard InChI is InChI=1S/C14H16ClNO3/c1-14(2,8-4-3-5-9(15)6-8)16-12(17)10-7-11(10)13(18)19/h3-6,10-11H,7H2,1-2H3,(H,16,17)(H,18,19). The molecule has 1 aliphatic carbocycles. The molecule has 1 aliphatic rings. The lowest BCUT2D eigenvalue weighted by Crippen LogP contribution is -2.42. The topological polar surface area (TPSA) is 66.4 Å². The fraction of sp³-hybridized carbons (Fsp3) is 0.429. The molecule has 0 aliphatic heterocycles. The Hall–Kier alpha value is -1.55. The second kappa shape index (κ2) is 4.85. The van der Waals surface area contributed by atoms with Crippen molar-refractivity contribution < 1.29 is 14.7 Å². The quantitative estimate of drug-likeness (QED) is 0.891. The lowest BCUT2D eigenvalue weighted by molar-refractivity contribution is -0.140. The number of amides is 1. The maximum atomic E-state index is 12.0.